The molecule has 0 saturated carbocycles. The SMILES string of the molecule is CC(C)(C(O)C=Cc1ccc(Cc2ncc[nH]2)cc1)n1ccnc1. The van der Waals surface area contributed by atoms with Gasteiger partial charge in [0.15, 0.2) is 0 Å². The van der Waals surface area contributed by atoms with Gasteiger partial charge in [-0.1, -0.05) is 36.4 Å². The third-order valence-corrected chi connectivity index (χ3v) is 4.27. The average molecular weight is 322 g/mol. The first-order valence-corrected chi connectivity index (χ1v) is 7.97. The van der Waals surface area contributed by atoms with Crippen molar-refractivity contribution in [1.82, 2.24) is 19.5 Å². The minimum atomic E-state index is -0.616. The fourth-order valence-corrected chi connectivity index (χ4v) is 2.53. The minimum absolute atomic E-state index is 0.452. The van der Waals surface area contributed by atoms with Crippen molar-refractivity contribution in [2.45, 2.75) is 31.9 Å². The first kappa shape index (κ1) is 16.2. The maximum Gasteiger partial charge on any atom is 0.110 e. The van der Waals surface area contributed by atoms with Crippen molar-refractivity contribution in [3.8, 4) is 0 Å². The summed E-state index contributed by atoms with van der Waals surface area (Å²) in [4.78, 5) is 11.4. The number of nitrogens with zero attached hydrogens (tertiary/aromatic N) is 3. The molecule has 5 nitrogen and oxygen atoms in total. The minimum Gasteiger partial charge on any atom is -0.387 e. The molecule has 3 aromatic rings. The van der Waals surface area contributed by atoms with Crippen LogP contribution in [0.25, 0.3) is 6.08 Å². The standard InChI is InChI=1S/C19H22N4O/c1-19(2,23-12-11-20-14-23)17(24)8-7-15-3-5-16(6-4-15)13-18-21-9-10-22-18/h3-12,14,17,24H,13H2,1-2H3,(H,21,22). The van der Waals surface area contributed by atoms with Crippen LogP contribution in [0.4, 0.5) is 0 Å². The quantitative estimate of drug-likeness (QED) is 0.733. The Kier molecular flexibility index (Phi) is 4.62. The van der Waals surface area contributed by atoms with Gasteiger partial charge in [0.25, 0.3) is 0 Å². The van der Waals surface area contributed by atoms with Crippen LogP contribution in [0.15, 0.2) is 61.5 Å². The fraction of sp³-hybridized carbons (Fsp3) is 0.263. The lowest BCUT2D eigenvalue weighted by atomic mass is 9.96. The number of aliphatic hydroxyl groups is 1. The van der Waals surface area contributed by atoms with Crippen molar-refractivity contribution in [2.75, 3.05) is 0 Å². The van der Waals surface area contributed by atoms with E-state index < -0.39 is 11.6 Å². The smallest absolute Gasteiger partial charge is 0.110 e. The molecule has 0 aliphatic heterocycles. The Hall–Kier alpha value is -2.66. The highest BCUT2D eigenvalue weighted by Crippen LogP contribution is 2.21. The van der Waals surface area contributed by atoms with Gasteiger partial charge >= 0.3 is 0 Å². The maximum absolute atomic E-state index is 10.5. The Bertz CT molecular complexity index is 771. The number of aromatic amines is 1. The number of benzene rings is 1. The van der Waals surface area contributed by atoms with Crippen molar-refractivity contribution in [2.24, 2.45) is 0 Å². The topological polar surface area (TPSA) is 66.7 Å². The number of hydrogen-bond acceptors (Lipinski definition) is 3. The summed E-state index contributed by atoms with van der Waals surface area (Å²) in [5, 5.41) is 10.5. The predicted octanol–water partition coefficient (Wildman–Crippen LogP) is 3.01. The van der Waals surface area contributed by atoms with Crippen LogP contribution in [0.1, 0.15) is 30.8 Å². The van der Waals surface area contributed by atoms with Crippen molar-refractivity contribution in [3.05, 3.63) is 78.4 Å². The monoisotopic (exact) mass is 322 g/mol. The zero-order valence-electron chi connectivity index (χ0n) is 13.9. The molecule has 0 amide bonds. The zero-order chi connectivity index (χ0) is 17.0. The van der Waals surface area contributed by atoms with Crippen molar-refractivity contribution >= 4 is 6.08 Å². The molecule has 0 bridgehead atoms. The van der Waals surface area contributed by atoms with Crippen molar-refractivity contribution in [1.29, 1.82) is 0 Å². The summed E-state index contributed by atoms with van der Waals surface area (Å²) in [5.41, 5.74) is 1.80. The van der Waals surface area contributed by atoms with Gasteiger partial charge in [0.2, 0.25) is 0 Å². The van der Waals surface area contributed by atoms with Gasteiger partial charge in [0.05, 0.1) is 18.0 Å². The molecule has 2 N–H and O–H groups in total. The second-order valence-electron chi connectivity index (χ2n) is 6.38. The molecule has 0 aliphatic rings. The van der Waals surface area contributed by atoms with Gasteiger partial charge in [-0.15, -0.1) is 0 Å². The molecule has 0 aliphatic carbocycles. The number of hydrogen-bond donors (Lipinski definition) is 2. The summed E-state index contributed by atoms with van der Waals surface area (Å²) in [5.74, 6) is 0.954. The van der Waals surface area contributed by atoms with E-state index in [-0.39, 0.29) is 0 Å². The molecule has 1 aromatic carbocycles. The summed E-state index contributed by atoms with van der Waals surface area (Å²) in [6.07, 6.45) is 12.8. The third kappa shape index (κ3) is 3.63. The van der Waals surface area contributed by atoms with Gasteiger partial charge in [-0.2, -0.15) is 0 Å². The van der Waals surface area contributed by atoms with E-state index in [1.807, 2.05) is 55.1 Å². The Balaban J connectivity index is 1.66. The Labute approximate surface area is 141 Å². The van der Waals surface area contributed by atoms with E-state index in [0.29, 0.717) is 0 Å². The van der Waals surface area contributed by atoms with Crippen LogP contribution in [0, 0.1) is 0 Å². The van der Waals surface area contributed by atoms with Crippen LogP contribution in [0.2, 0.25) is 0 Å². The molecule has 2 aromatic heterocycles. The predicted molar refractivity (Wildman–Crippen MR) is 94.4 cm³/mol. The lowest BCUT2D eigenvalue weighted by Crippen LogP contribution is -2.37. The van der Waals surface area contributed by atoms with Crippen molar-refractivity contribution in [3.63, 3.8) is 0 Å². The van der Waals surface area contributed by atoms with E-state index in [1.165, 1.54) is 5.56 Å². The molecule has 5 heteroatoms. The van der Waals surface area contributed by atoms with E-state index in [1.54, 1.807) is 18.7 Å². The molecular formula is C19H22N4O. The number of nitrogens with one attached hydrogen (secondary N) is 1. The number of aromatic nitrogens is 4. The lowest BCUT2D eigenvalue weighted by Gasteiger charge is -2.30. The molecular weight excluding hydrogens is 300 g/mol. The summed E-state index contributed by atoms with van der Waals surface area (Å²) in [6, 6.07) is 8.25. The molecule has 0 radical (unpaired) electrons. The summed E-state index contributed by atoms with van der Waals surface area (Å²) >= 11 is 0. The van der Waals surface area contributed by atoms with E-state index >= 15 is 0 Å². The second-order valence-corrected chi connectivity index (χ2v) is 6.38. The van der Waals surface area contributed by atoms with Gasteiger partial charge in [-0.05, 0) is 25.0 Å². The second kappa shape index (κ2) is 6.84. The summed E-state index contributed by atoms with van der Waals surface area (Å²) in [7, 11) is 0. The summed E-state index contributed by atoms with van der Waals surface area (Å²) < 4.78 is 1.91. The molecule has 0 saturated heterocycles. The molecule has 2 heterocycles. The molecule has 1 unspecified atom stereocenters. The van der Waals surface area contributed by atoms with Crippen LogP contribution in [0.3, 0.4) is 0 Å². The molecule has 24 heavy (non-hydrogen) atoms. The van der Waals surface area contributed by atoms with E-state index in [0.717, 1.165) is 17.8 Å². The summed E-state index contributed by atoms with van der Waals surface area (Å²) in [6.45, 7) is 3.96. The molecule has 0 spiro atoms. The number of aliphatic hydroxyl groups excluding tert-OH is 1. The molecule has 124 valence electrons. The Morgan fingerprint density at radius 3 is 2.67 bits per heavy atom. The number of imidazole rings is 2. The van der Waals surface area contributed by atoms with Gasteiger partial charge in [0, 0.05) is 31.2 Å². The third-order valence-electron chi connectivity index (χ3n) is 4.27. The van der Waals surface area contributed by atoms with Gasteiger partial charge in [-0.3, -0.25) is 0 Å². The Morgan fingerprint density at radius 2 is 2.04 bits per heavy atom. The van der Waals surface area contributed by atoms with E-state index in [4.69, 9.17) is 0 Å². The zero-order valence-corrected chi connectivity index (χ0v) is 13.9. The van der Waals surface area contributed by atoms with Crippen LogP contribution >= 0.6 is 0 Å². The molecule has 1 atom stereocenters. The van der Waals surface area contributed by atoms with Gasteiger partial charge in [0.1, 0.15) is 5.82 Å². The van der Waals surface area contributed by atoms with Crippen LogP contribution in [-0.4, -0.2) is 30.7 Å². The van der Waals surface area contributed by atoms with Gasteiger partial charge in [-0.25, -0.2) is 9.97 Å². The number of H-pyrrole nitrogens is 1. The Morgan fingerprint density at radius 1 is 1.25 bits per heavy atom. The highest BCUT2D eigenvalue weighted by atomic mass is 16.3. The van der Waals surface area contributed by atoms with E-state index in [9.17, 15) is 5.11 Å². The molecule has 0 fully saturated rings. The van der Waals surface area contributed by atoms with Crippen molar-refractivity contribution < 1.29 is 5.11 Å². The largest absolute Gasteiger partial charge is 0.387 e. The lowest BCUT2D eigenvalue weighted by molar-refractivity contribution is 0.0978. The highest BCUT2D eigenvalue weighted by molar-refractivity contribution is 5.50. The van der Waals surface area contributed by atoms with E-state index in [2.05, 4.69) is 27.1 Å². The first-order chi connectivity index (χ1) is 11.6. The first-order valence-electron chi connectivity index (χ1n) is 7.97. The normalized spacial score (nSPS) is 13.5. The van der Waals surface area contributed by atoms with Gasteiger partial charge < -0.3 is 14.7 Å². The van der Waals surface area contributed by atoms with Crippen LogP contribution in [-0.2, 0) is 12.0 Å². The maximum atomic E-state index is 10.5. The molecule has 3 rings (SSSR count). The fourth-order valence-electron chi connectivity index (χ4n) is 2.53. The highest BCUT2D eigenvalue weighted by Gasteiger charge is 2.27. The number of rotatable bonds is 6. The van der Waals surface area contributed by atoms with Crippen LogP contribution < -0.4 is 0 Å². The average Bonchev–Trinajstić information content (AvgIpc) is 3.27. The van der Waals surface area contributed by atoms with Crippen LogP contribution in [0.5, 0.6) is 0 Å².